The van der Waals surface area contributed by atoms with Crippen molar-refractivity contribution in [3.05, 3.63) is 35.9 Å². The number of carbonyl (C=O) groups is 2. The first kappa shape index (κ1) is 9.58. The van der Waals surface area contributed by atoms with Gasteiger partial charge in [-0.1, -0.05) is 18.2 Å². The van der Waals surface area contributed by atoms with Gasteiger partial charge in [0.25, 0.3) is 0 Å². The largest absolute Gasteiger partial charge is 0.459 e. The number of hydrogen-bond donors (Lipinski definition) is 0. The third-order valence-corrected chi connectivity index (χ3v) is 1.90. The smallest absolute Gasteiger partial charge is 0.338 e. The summed E-state index contributed by atoms with van der Waals surface area (Å²) >= 11 is 0. The second-order valence-corrected chi connectivity index (χ2v) is 3.45. The van der Waals surface area contributed by atoms with E-state index in [-0.39, 0.29) is 0 Å². The zero-order chi connectivity index (χ0) is 13.7. The molecule has 3 heteroatoms. The fourth-order valence-electron chi connectivity index (χ4n) is 1.12. The molecule has 3 nitrogen and oxygen atoms in total. The molecule has 0 amide bonds. The van der Waals surface area contributed by atoms with E-state index in [0.717, 1.165) is 0 Å². The standard InChI is InChI=1S/C13H16O3/c1-10(14)8-9-11(2)16-13(15)12-6-4-3-5-7-12/h3-7,11H,8-9H2,1-2H3/t11-/m1/s1/i8D,9D/t8?,9?,11-. The summed E-state index contributed by atoms with van der Waals surface area (Å²) < 4.78 is 20.2. The summed E-state index contributed by atoms with van der Waals surface area (Å²) in [6.07, 6.45) is -3.07. The Hall–Kier alpha value is -1.64. The highest BCUT2D eigenvalue weighted by atomic mass is 16.5. The molecule has 3 atom stereocenters. The van der Waals surface area contributed by atoms with Gasteiger partial charge in [0.1, 0.15) is 5.78 Å². The maximum absolute atomic E-state index is 11.7. The molecule has 0 aromatic heterocycles. The first-order chi connectivity index (χ1) is 8.43. The summed E-state index contributed by atoms with van der Waals surface area (Å²) in [6.45, 7) is 2.77. The Labute approximate surface area is 98.2 Å². The molecule has 0 aliphatic rings. The minimum absolute atomic E-state index is 0.390. The minimum atomic E-state index is -1.19. The molecular formula is C13H16O3. The van der Waals surface area contributed by atoms with E-state index in [9.17, 15) is 9.59 Å². The van der Waals surface area contributed by atoms with Gasteiger partial charge in [0.15, 0.2) is 0 Å². The summed E-state index contributed by atoms with van der Waals surface area (Å²) in [5, 5.41) is 0. The van der Waals surface area contributed by atoms with Crippen molar-refractivity contribution < 1.29 is 17.1 Å². The first-order valence-corrected chi connectivity index (χ1v) is 5.04. The molecule has 0 N–H and O–H groups in total. The van der Waals surface area contributed by atoms with Gasteiger partial charge >= 0.3 is 5.97 Å². The Morgan fingerprint density at radius 2 is 2.00 bits per heavy atom. The third-order valence-electron chi connectivity index (χ3n) is 1.90. The van der Waals surface area contributed by atoms with Gasteiger partial charge < -0.3 is 9.53 Å². The van der Waals surface area contributed by atoms with E-state index in [1.54, 1.807) is 30.3 Å². The lowest BCUT2D eigenvalue weighted by Gasteiger charge is -2.12. The van der Waals surface area contributed by atoms with Crippen LogP contribution in [0.5, 0.6) is 0 Å². The number of ketones is 1. The average molecular weight is 222 g/mol. The quantitative estimate of drug-likeness (QED) is 0.719. The molecule has 0 fully saturated rings. The van der Waals surface area contributed by atoms with E-state index >= 15 is 0 Å². The summed E-state index contributed by atoms with van der Waals surface area (Å²) in [5.41, 5.74) is 0.390. The SMILES string of the molecule is [2H]C(C(C)=O)C([2H])[C@@H](C)OC(=O)c1ccccc1. The molecule has 0 bridgehead atoms. The maximum Gasteiger partial charge on any atom is 0.338 e. The van der Waals surface area contributed by atoms with Crippen LogP contribution in [0.1, 0.15) is 39.7 Å². The molecule has 1 aromatic rings. The number of benzene rings is 1. The molecule has 0 aliphatic heterocycles. The van der Waals surface area contributed by atoms with Gasteiger partial charge in [0, 0.05) is 9.14 Å². The Balaban J connectivity index is 2.62. The van der Waals surface area contributed by atoms with Crippen molar-refractivity contribution in [2.75, 3.05) is 0 Å². The topological polar surface area (TPSA) is 43.4 Å². The van der Waals surface area contributed by atoms with Crippen LogP contribution in [-0.2, 0) is 9.53 Å². The van der Waals surface area contributed by atoms with E-state index in [4.69, 9.17) is 7.48 Å². The van der Waals surface area contributed by atoms with E-state index < -0.39 is 30.7 Å². The average Bonchev–Trinajstić information content (AvgIpc) is 2.37. The fraction of sp³-hybridized carbons (Fsp3) is 0.385. The van der Waals surface area contributed by atoms with E-state index in [1.807, 2.05) is 0 Å². The highest BCUT2D eigenvalue weighted by molar-refractivity contribution is 5.89. The van der Waals surface area contributed by atoms with Gasteiger partial charge in [-0.05, 0) is 32.4 Å². The van der Waals surface area contributed by atoms with E-state index in [2.05, 4.69) is 0 Å². The molecule has 16 heavy (non-hydrogen) atoms. The van der Waals surface area contributed by atoms with Crippen molar-refractivity contribution in [1.82, 2.24) is 0 Å². The number of ether oxygens (including phenoxy) is 1. The van der Waals surface area contributed by atoms with Crippen molar-refractivity contribution in [3.8, 4) is 0 Å². The van der Waals surface area contributed by atoms with Gasteiger partial charge in [-0.15, -0.1) is 0 Å². The first-order valence-electron chi connectivity index (χ1n) is 6.20. The molecule has 1 rings (SSSR count). The number of Topliss-reactive ketones (excluding diaryl/α,β-unsaturated/α-hetero) is 1. The lowest BCUT2D eigenvalue weighted by atomic mass is 10.1. The number of esters is 1. The fourth-order valence-corrected chi connectivity index (χ4v) is 1.12. The number of hydrogen-bond acceptors (Lipinski definition) is 3. The Morgan fingerprint density at radius 3 is 2.56 bits per heavy atom. The van der Waals surface area contributed by atoms with Crippen molar-refractivity contribution in [3.63, 3.8) is 0 Å². The minimum Gasteiger partial charge on any atom is -0.459 e. The molecule has 2 unspecified atom stereocenters. The molecule has 0 radical (unpaired) electrons. The lowest BCUT2D eigenvalue weighted by molar-refractivity contribution is -0.117. The predicted molar refractivity (Wildman–Crippen MR) is 61.2 cm³/mol. The molecule has 0 spiro atoms. The predicted octanol–water partition coefficient (Wildman–Crippen LogP) is 2.60. The van der Waals surface area contributed by atoms with E-state index in [1.165, 1.54) is 13.8 Å². The zero-order valence-electron chi connectivity index (χ0n) is 11.3. The molecule has 0 heterocycles. The Morgan fingerprint density at radius 1 is 1.38 bits per heavy atom. The summed E-state index contributed by atoms with van der Waals surface area (Å²) in [4.78, 5) is 22.7. The van der Waals surface area contributed by atoms with Crippen LogP contribution in [0.3, 0.4) is 0 Å². The second-order valence-electron chi connectivity index (χ2n) is 3.45. The van der Waals surface area contributed by atoms with Crippen molar-refractivity contribution in [2.24, 2.45) is 0 Å². The van der Waals surface area contributed by atoms with Gasteiger partial charge in [0.2, 0.25) is 0 Å². The molecule has 0 saturated carbocycles. The van der Waals surface area contributed by atoms with E-state index in [0.29, 0.717) is 5.56 Å². The molecular weight excluding hydrogens is 204 g/mol. The van der Waals surface area contributed by atoms with Gasteiger partial charge in [-0.2, -0.15) is 0 Å². The van der Waals surface area contributed by atoms with Crippen LogP contribution in [0, 0.1) is 0 Å². The van der Waals surface area contributed by atoms with Crippen LogP contribution >= 0.6 is 0 Å². The van der Waals surface area contributed by atoms with Crippen LogP contribution in [0.2, 0.25) is 0 Å². The third kappa shape index (κ3) is 4.26. The number of rotatable bonds is 5. The highest BCUT2D eigenvalue weighted by Crippen LogP contribution is 2.07. The summed E-state index contributed by atoms with van der Waals surface area (Å²) in [7, 11) is 0. The molecule has 0 saturated heterocycles. The Kier molecular flexibility index (Phi) is 3.62. The lowest BCUT2D eigenvalue weighted by Crippen LogP contribution is -2.15. The van der Waals surface area contributed by atoms with Gasteiger partial charge in [0.05, 0.1) is 11.7 Å². The zero-order valence-corrected chi connectivity index (χ0v) is 9.34. The van der Waals surface area contributed by atoms with Crippen molar-refractivity contribution in [2.45, 2.75) is 32.7 Å². The van der Waals surface area contributed by atoms with Crippen LogP contribution in [0.4, 0.5) is 0 Å². The van der Waals surface area contributed by atoms with Crippen LogP contribution in [0.25, 0.3) is 0 Å². The second kappa shape index (κ2) is 6.05. The summed E-state index contributed by atoms with van der Waals surface area (Å²) in [6, 6.07) is 8.42. The monoisotopic (exact) mass is 222 g/mol. The van der Waals surface area contributed by atoms with Crippen LogP contribution < -0.4 is 0 Å². The van der Waals surface area contributed by atoms with Crippen LogP contribution in [-0.4, -0.2) is 17.9 Å². The van der Waals surface area contributed by atoms with Crippen molar-refractivity contribution >= 4 is 11.8 Å². The normalized spacial score (nSPS) is 17.6. The molecule has 86 valence electrons. The van der Waals surface area contributed by atoms with Gasteiger partial charge in [-0.3, -0.25) is 0 Å². The maximum atomic E-state index is 11.7. The highest BCUT2D eigenvalue weighted by Gasteiger charge is 2.11. The Bertz CT molecular complexity index is 420. The van der Waals surface area contributed by atoms with Gasteiger partial charge in [-0.25, -0.2) is 4.79 Å². The van der Waals surface area contributed by atoms with Crippen LogP contribution in [0.15, 0.2) is 30.3 Å². The van der Waals surface area contributed by atoms with Crippen molar-refractivity contribution in [1.29, 1.82) is 0 Å². The number of carbonyl (C=O) groups excluding carboxylic acids is 2. The summed E-state index contributed by atoms with van der Waals surface area (Å²) in [5.74, 6) is -0.950. The molecule has 1 aromatic carbocycles. The molecule has 0 aliphatic carbocycles.